The molecule has 3 rings (SSSR count). The lowest BCUT2D eigenvalue weighted by molar-refractivity contribution is -0.113. The Kier molecular flexibility index (Phi) is 4.88. The van der Waals surface area contributed by atoms with Crippen LogP contribution >= 0.6 is 24.0 Å². The monoisotopic (exact) mass is 385 g/mol. The Balaban J connectivity index is 1.86. The summed E-state index contributed by atoms with van der Waals surface area (Å²) < 4.78 is 0.339. The van der Waals surface area contributed by atoms with Gasteiger partial charge in [0.25, 0.3) is 5.91 Å². The highest BCUT2D eigenvalue weighted by atomic mass is 32.2. The van der Waals surface area contributed by atoms with Gasteiger partial charge in [0.1, 0.15) is 0 Å². The minimum Gasteiger partial charge on any atom is -0.478 e. The maximum absolute atomic E-state index is 12.7. The number of hydrogen-bond acceptors (Lipinski definition) is 5. The van der Waals surface area contributed by atoms with E-state index >= 15 is 0 Å². The van der Waals surface area contributed by atoms with Gasteiger partial charge in [0.05, 0.1) is 21.7 Å². The summed E-state index contributed by atoms with van der Waals surface area (Å²) in [6, 6.07) is 12.0. The fraction of sp³-hybridized carbons (Fsp3) is 0. The molecular formula is C18H11NO5S2. The zero-order valence-corrected chi connectivity index (χ0v) is 14.7. The van der Waals surface area contributed by atoms with Crippen LogP contribution in [0.25, 0.3) is 6.08 Å². The fourth-order valence-corrected chi connectivity index (χ4v) is 3.62. The van der Waals surface area contributed by atoms with Crippen LogP contribution in [0.3, 0.4) is 0 Å². The standard InChI is InChI=1S/C18H11NO5S2/c20-15-14(9-10-1-3-11(4-2-10)16(21)22)26-18(25)19(15)13-7-5-12(6-8-13)17(23)24/h1-9H,(H,21,22)(H,23,24)/b14-9-. The fourth-order valence-electron chi connectivity index (χ4n) is 2.32. The van der Waals surface area contributed by atoms with Crippen molar-refractivity contribution >= 4 is 57.9 Å². The van der Waals surface area contributed by atoms with Crippen molar-refractivity contribution in [2.75, 3.05) is 4.90 Å². The number of aromatic carboxylic acids is 2. The molecule has 130 valence electrons. The van der Waals surface area contributed by atoms with Crippen molar-refractivity contribution in [3.63, 3.8) is 0 Å². The minimum atomic E-state index is -1.05. The molecule has 1 aliphatic rings. The van der Waals surface area contributed by atoms with Gasteiger partial charge >= 0.3 is 11.9 Å². The van der Waals surface area contributed by atoms with Crippen LogP contribution in [0.15, 0.2) is 53.4 Å². The molecule has 0 aliphatic carbocycles. The van der Waals surface area contributed by atoms with Crippen LogP contribution in [0.1, 0.15) is 26.3 Å². The lowest BCUT2D eigenvalue weighted by Gasteiger charge is -2.14. The lowest BCUT2D eigenvalue weighted by Crippen LogP contribution is -2.27. The minimum absolute atomic E-state index is 0.119. The summed E-state index contributed by atoms with van der Waals surface area (Å²) in [5.74, 6) is -2.38. The smallest absolute Gasteiger partial charge is 0.335 e. The van der Waals surface area contributed by atoms with E-state index in [2.05, 4.69) is 0 Å². The summed E-state index contributed by atoms with van der Waals surface area (Å²) in [6.45, 7) is 0. The SMILES string of the molecule is O=C(O)c1ccc(/C=C2\SC(=S)N(c3ccc(C(=O)O)cc3)C2=O)cc1. The van der Waals surface area contributed by atoms with Crippen LogP contribution in [-0.4, -0.2) is 32.4 Å². The molecule has 1 saturated heterocycles. The third kappa shape index (κ3) is 3.51. The molecule has 1 aliphatic heterocycles. The van der Waals surface area contributed by atoms with Crippen LogP contribution < -0.4 is 4.90 Å². The first-order valence-corrected chi connectivity index (χ1v) is 8.54. The molecule has 6 nitrogen and oxygen atoms in total. The molecular weight excluding hydrogens is 374 g/mol. The van der Waals surface area contributed by atoms with Gasteiger partial charge in [-0.2, -0.15) is 0 Å². The molecule has 1 fully saturated rings. The maximum Gasteiger partial charge on any atom is 0.335 e. The highest BCUT2D eigenvalue weighted by Gasteiger charge is 2.33. The molecule has 1 amide bonds. The van der Waals surface area contributed by atoms with Crippen molar-refractivity contribution in [2.45, 2.75) is 0 Å². The van der Waals surface area contributed by atoms with Crippen LogP contribution in [0.4, 0.5) is 5.69 Å². The number of carboxylic acid groups (broad SMARTS) is 2. The van der Waals surface area contributed by atoms with E-state index in [0.717, 1.165) is 11.8 Å². The Morgan fingerprint density at radius 2 is 1.42 bits per heavy atom. The second-order valence-electron chi connectivity index (χ2n) is 5.30. The van der Waals surface area contributed by atoms with E-state index < -0.39 is 11.9 Å². The molecule has 0 unspecified atom stereocenters. The van der Waals surface area contributed by atoms with Crippen LogP contribution in [-0.2, 0) is 4.79 Å². The number of anilines is 1. The number of amides is 1. The molecule has 8 heteroatoms. The summed E-state index contributed by atoms with van der Waals surface area (Å²) in [5, 5.41) is 17.9. The Morgan fingerprint density at radius 1 is 0.923 bits per heavy atom. The summed E-state index contributed by atoms with van der Waals surface area (Å²) in [6.07, 6.45) is 1.64. The first-order chi connectivity index (χ1) is 12.4. The summed E-state index contributed by atoms with van der Waals surface area (Å²) in [4.78, 5) is 36.2. The number of carboxylic acids is 2. The van der Waals surface area contributed by atoms with E-state index in [4.69, 9.17) is 22.4 Å². The number of benzene rings is 2. The first kappa shape index (κ1) is 17.8. The number of rotatable bonds is 4. The molecule has 2 aromatic carbocycles. The molecule has 0 bridgehead atoms. The van der Waals surface area contributed by atoms with Gasteiger partial charge in [-0.1, -0.05) is 36.1 Å². The molecule has 2 aromatic rings. The van der Waals surface area contributed by atoms with Crippen LogP contribution in [0.5, 0.6) is 0 Å². The highest BCUT2D eigenvalue weighted by Crippen LogP contribution is 2.36. The molecule has 0 spiro atoms. The number of carbonyl (C=O) groups excluding carboxylic acids is 1. The molecule has 1 heterocycles. The van der Waals surface area contributed by atoms with Gasteiger partial charge in [0, 0.05) is 0 Å². The molecule has 0 atom stereocenters. The molecule has 0 radical (unpaired) electrons. The van der Waals surface area contributed by atoms with Crippen molar-refractivity contribution in [2.24, 2.45) is 0 Å². The zero-order valence-electron chi connectivity index (χ0n) is 13.1. The van der Waals surface area contributed by atoms with E-state index in [0.29, 0.717) is 20.5 Å². The van der Waals surface area contributed by atoms with Gasteiger partial charge in [-0.25, -0.2) is 9.59 Å². The summed E-state index contributed by atoms with van der Waals surface area (Å²) >= 11 is 6.39. The predicted octanol–water partition coefficient (Wildman–Crippen LogP) is 3.49. The van der Waals surface area contributed by atoms with Crippen molar-refractivity contribution in [3.8, 4) is 0 Å². The number of nitrogens with zero attached hydrogens (tertiary/aromatic N) is 1. The summed E-state index contributed by atoms with van der Waals surface area (Å²) in [5.41, 5.74) is 1.44. The topological polar surface area (TPSA) is 94.9 Å². The summed E-state index contributed by atoms with van der Waals surface area (Å²) in [7, 11) is 0. The van der Waals surface area contributed by atoms with Gasteiger partial charge in [-0.15, -0.1) is 0 Å². The van der Waals surface area contributed by atoms with E-state index in [9.17, 15) is 14.4 Å². The third-order valence-corrected chi connectivity index (χ3v) is 4.92. The van der Waals surface area contributed by atoms with Gasteiger partial charge in [0.15, 0.2) is 4.32 Å². The number of hydrogen-bond donors (Lipinski definition) is 2. The van der Waals surface area contributed by atoms with E-state index in [1.165, 1.54) is 41.3 Å². The van der Waals surface area contributed by atoms with Crippen LogP contribution in [0.2, 0.25) is 0 Å². The first-order valence-electron chi connectivity index (χ1n) is 7.31. The van der Waals surface area contributed by atoms with Crippen LogP contribution in [0, 0.1) is 0 Å². The Hall–Kier alpha value is -2.97. The Morgan fingerprint density at radius 3 is 1.92 bits per heavy atom. The van der Waals surface area contributed by atoms with E-state index in [1.807, 2.05) is 0 Å². The molecule has 0 saturated carbocycles. The quantitative estimate of drug-likeness (QED) is 0.614. The maximum atomic E-state index is 12.7. The van der Waals surface area contributed by atoms with Gasteiger partial charge in [0.2, 0.25) is 0 Å². The Labute approximate surface area is 157 Å². The predicted molar refractivity (Wildman–Crippen MR) is 102 cm³/mol. The largest absolute Gasteiger partial charge is 0.478 e. The van der Waals surface area contributed by atoms with Crippen molar-refractivity contribution in [3.05, 3.63) is 70.1 Å². The number of thiocarbonyl (C=S) groups is 1. The van der Waals surface area contributed by atoms with Gasteiger partial charge in [-0.05, 0) is 48.0 Å². The molecule has 0 aromatic heterocycles. The average molecular weight is 385 g/mol. The Bertz CT molecular complexity index is 949. The highest BCUT2D eigenvalue weighted by molar-refractivity contribution is 8.27. The number of carbonyl (C=O) groups is 3. The zero-order chi connectivity index (χ0) is 18.8. The van der Waals surface area contributed by atoms with Gasteiger partial charge < -0.3 is 10.2 Å². The van der Waals surface area contributed by atoms with Crippen molar-refractivity contribution < 1.29 is 24.6 Å². The van der Waals surface area contributed by atoms with Crippen molar-refractivity contribution in [1.82, 2.24) is 0 Å². The third-order valence-electron chi connectivity index (χ3n) is 3.62. The molecule has 2 N–H and O–H groups in total. The molecule has 26 heavy (non-hydrogen) atoms. The second kappa shape index (κ2) is 7.11. The van der Waals surface area contributed by atoms with E-state index in [1.54, 1.807) is 18.2 Å². The lowest BCUT2D eigenvalue weighted by atomic mass is 10.1. The number of thioether (sulfide) groups is 1. The van der Waals surface area contributed by atoms with E-state index in [-0.39, 0.29) is 17.0 Å². The normalized spacial score (nSPS) is 15.5. The van der Waals surface area contributed by atoms with Crippen molar-refractivity contribution in [1.29, 1.82) is 0 Å². The average Bonchev–Trinajstić information content (AvgIpc) is 2.89. The second-order valence-corrected chi connectivity index (χ2v) is 6.97. The van der Waals surface area contributed by atoms with Gasteiger partial charge in [-0.3, -0.25) is 9.69 Å².